The van der Waals surface area contributed by atoms with E-state index in [0.717, 1.165) is 5.56 Å². The molecule has 1 heterocycles. The molecule has 1 saturated heterocycles. The van der Waals surface area contributed by atoms with Gasteiger partial charge < -0.3 is 33.7 Å². The third-order valence-corrected chi connectivity index (χ3v) is 10.9. The highest BCUT2D eigenvalue weighted by atomic mass is 79.9. The van der Waals surface area contributed by atoms with Gasteiger partial charge in [-0.3, -0.25) is 5.21 Å². The Kier molecular flexibility index (Phi) is 12.1. The number of sulfone groups is 1. The van der Waals surface area contributed by atoms with Crippen LogP contribution in [-0.4, -0.2) is 65.5 Å². The molecule has 1 fully saturated rings. The van der Waals surface area contributed by atoms with Gasteiger partial charge in [0.25, 0.3) is 0 Å². The van der Waals surface area contributed by atoms with Crippen molar-refractivity contribution in [3.63, 3.8) is 0 Å². The Bertz CT molecular complexity index is 1880. The van der Waals surface area contributed by atoms with Crippen molar-refractivity contribution in [3.8, 4) is 28.7 Å². The summed E-state index contributed by atoms with van der Waals surface area (Å²) in [5.74, 6) is 1.47. The van der Waals surface area contributed by atoms with Gasteiger partial charge in [0.05, 0.1) is 63.5 Å². The zero-order chi connectivity index (χ0) is 35.8. The number of amides is 2. The lowest BCUT2D eigenvalue weighted by Gasteiger charge is -2.22. The number of nitrogens with one attached hydrogen (secondary N) is 1. The highest BCUT2D eigenvalue weighted by Crippen LogP contribution is 2.48. The van der Waals surface area contributed by atoms with E-state index < -0.39 is 22.0 Å². The van der Waals surface area contributed by atoms with E-state index in [1.54, 1.807) is 68.8 Å². The van der Waals surface area contributed by atoms with Crippen LogP contribution >= 0.6 is 15.9 Å². The summed E-state index contributed by atoms with van der Waals surface area (Å²) in [6.45, 7) is -0.329. The predicted octanol–water partition coefficient (Wildman–Crippen LogP) is 7.35. The maximum absolute atomic E-state index is 13.3. The third kappa shape index (κ3) is 8.44. The minimum absolute atomic E-state index is 0.0773. The number of urea groups is 1. The van der Waals surface area contributed by atoms with Crippen LogP contribution in [-0.2, 0) is 21.1 Å². The van der Waals surface area contributed by atoms with Gasteiger partial charge in [0.15, 0.2) is 32.8 Å². The van der Waals surface area contributed by atoms with E-state index in [1.165, 1.54) is 20.3 Å². The van der Waals surface area contributed by atoms with Gasteiger partial charge in [-0.2, -0.15) is 0 Å². The summed E-state index contributed by atoms with van der Waals surface area (Å²) in [4.78, 5) is 13.4. The SMILES string of the molecule is COc1cc(C2CCC(c3cc(OC)c(OC)c(OC)c3)O2)cc(NC(=O)N(O)Cc2ccccc2)c1OCCS(=O)(=O)c1ccccc1Br. The highest BCUT2D eigenvalue weighted by Gasteiger charge is 2.31. The van der Waals surface area contributed by atoms with Crippen molar-refractivity contribution >= 4 is 37.5 Å². The van der Waals surface area contributed by atoms with Gasteiger partial charge in [-0.15, -0.1) is 0 Å². The number of benzene rings is 4. The van der Waals surface area contributed by atoms with Crippen LogP contribution in [0.5, 0.6) is 28.7 Å². The van der Waals surface area contributed by atoms with Crippen molar-refractivity contribution in [1.82, 2.24) is 5.06 Å². The average Bonchev–Trinajstić information content (AvgIpc) is 3.62. The zero-order valence-corrected chi connectivity index (χ0v) is 30.5. The van der Waals surface area contributed by atoms with E-state index in [9.17, 15) is 18.4 Å². The van der Waals surface area contributed by atoms with Gasteiger partial charge in [-0.05, 0) is 81.9 Å². The van der Waals surface area contributed by atoms with Crippen LogP contribution in [0.2, 0.25) is 0 Å². The number of rotatable bonds is 14. The van der Waals surface area contributed by atoms with Crippen molar-refractivity contribution in [2.75, 3.05) is 46.1 Å². The number of anilines is 1. The summed E-state index contributed by atoms with van der Waals surface area (Å²) in [7, 11) is 2.35. The van der Waals surface area contributed by atoms with Gasteiger partial charge in [-0.25, -0.2) is 18.3 Å². The molecule has 0 saturated carbocycles. The summed E-state index contributed by atoms with van der Waals surface area (Å²) >= 11 is 3.30. The van der Waals surface area contributed by atoms with Crippen molar-refractivity contribution in [2.45, 2.75) is 36.5 Å². The quantitative estimate of drug-likeness (QED) is 0.0987. The molecule has 2 N–H and O–H groups in total. The lowest BCUT2D eigenvalue weighted by atomic mass is 10.0. The maximum atomic E-state index is 13.3. The molecule has 1 aliphatic heterocycles. The molecule has 50 heavy (non-hydrogen) atoms. The van der Waals surface area contributed by atoms with Crippen molar-refractivity contribution in [3.05, 3.63) is 100 Å². The molecule has 4 aromatic rings. The van der Waals surface area contributed by atoms with E-state index in [1.807, 2.05) is 18.2 Å². The minimum atomic E-state index is -3.73. The second kappa shape index (κ2) is 16.5. The molecule has 0 spiro atoms. The summed E-state index contributed by atoms with van der Waals surface area (Å²) in [6, 6.07) is 21.8. The van der Waals surface area contributed by atoms with Crippen LogP contribution in [0.25, 0.3) is 0 Å². The van der Waals surface area contributed by atoms with Gasteiger partial charge in [0, 0.05) is 4.47 Å². The van der Waals surface area contributed by atoms with Crippen LogP contribution < -0.4 is 29.0 Å². The summed E-state index contributed by atoms with van der Waals surface area (Å²) in [5.41, 5.74) is 2.38. The van der Waals surface area contributed by atoms with Crippen LogP contribution in [0.1, 0.15) is 41.7 Å². The number of hydrogen-bond acceptors (Lipinski definition) is 10. The van der Waals surface area contributed by atoms with Crippen molar-refractivity contribution in [1.29, 1.82) is 0 Å². The van der Waals surface area contributed by atoms with Gasteiger partial charge in [0.1, 0.15) is 6.61 Å². The summed E-state index contributed by atoms with van der Waals surface area (Å²) in [6.07, 6.45) is 0.570. The van der Waals surface area contributed by atoms with Crippen molar-refractivity contribution < 1.29 is 46.8 Å². The first-order valence-corrected chi connectivity index (χ1v) is 18.1. The van der Waals surface area contributed by atoms with Crippen LogP contribution in [0.3, 0.4) is 0 Å². The van der Waals surface area contributed by atoms with Crippen LogP contribution in [0, 0.1) is 0 Å². The molecule has 5 rings (SSSR count). The molecule has 4 aromatic carbocycles. The lowest BCUT2D eigenvalue weighted by molar-refractivity contribution is -0.0449. The van der Waals surface area contributed by atoms with Crippen LogP contribution in [0.4, 0.5) is 10.5 Å². The second-order valence-electron chi connectivity index (χ2n) is 11.3. The zero-order valence-electron chi connectivity index (χ0n) is 28.1. The largest absolute Gasteiger partial charge is 0.493 e. The Hall–Kier alpha value is -4.50. The molecular weight excluding hydrogens is 732 g/mol. The first-order chi connectivity index (χ1) is 24.1. The molecule has 2 amide bonds. The molecule has 266 valence electrons. The highest BCUT2D eigenvalue weighted by molar-refractivity contribution is 9.10. The molecule has 0 radical (unpaired) electrons. The number of halogens is 1. The normalized spacial score (nSPS) is 15.6. The van der Waals surface area contributed by atoms with E-state index in [0.29, 0.717) is 50.8 Å². The van der Waals surface area contributed by atoms with E-state index in [-0.39, 0.29) is 47.1 Å². The molecule has 0 aromatic heterocycles. The van der Waals surface area contributed by atoms with Crippen LogP contribution in [0.15, 0.2) is 88.2 Å². The monoisotopic (exact) mass is 770 g/mol. The number of ether oxygens (including phenoxy) is 6. The molecule has 14 heteroatoms. The third-order valence-electron chi connectivity index (χ3n) is 8.17. The van der Waals surface area contributed by atoms with Gasteiger partial charge >= 0.3 is 6.03 Å². The fourth-order valence-corrected chi connectivity index (χ4v) is 7.88. The molecule has 12 nitrogen and oxygen atoms in total. The minimum Gasteiger partial charge on any atom is -0.493 e. The van der Waals surface area contributed by atoms with E-state index in [4.69, 9.17) is 28.4 Å². The number of nitrogens with zero attached hydrogens (tertiary/aromatic N) is 1. The molecule has 0 bridgehead atoms. The van der Waals surface area contributed by atoms with E-state index in [2.05, 4.69) is 21.2 Å². The number of methoxy groups -OCH3 is 4. The average molecular weight is 772 g/mol. The molecule has 1 aliphatic rings. The maximum Gasteiger partial charge on any atom is 0.345 e. The first kappa shape index (κ1) is 36.8. The number of carbonyl (C=O) groups excluding carboxylic acids is 1. The number of hydrogen-bond donors (Lipinski definition) is 2. The number of hydroxylamine groups is 2. The standard InChI is InChI=1S/C36H39BrN2O10S/c1-44-30-19-24(28-14-15-29(49-28)25-20-31(45-2)35(47-4)32(21-25)46-3)18-27(38-36(40)39(41)22-23-10-6-5-7-11-23)34(30)48-16-17-50(42,43)33-13-9-8-12-26(33)37/h5-13,18-21,28-29,41H,14-17,22H2,1-4H3,(H,38,40). The summed E-state index contributed by atoms with van der Waals surface area (Å²) < 4.78 is 61.5. The Morgan fingerprint density at radius 2 is 1.40 bits per heavy atom. The Morgan fingerprint density at radius 1 is 0.840 bits per heavy atom. The predicted molar refractivity (Wildman–Crippen MR) is 189 cm³/mol. The number of carbonyl (C=O) groups is 1. The van der Waals surface area contributed by atoms with Crippen molar-refractivity contribution in [2.24, 2.45) is 0 Å². The Balaban J connectivity index is 1.42. The summed E-state index contributed by atoms with van der Waals surface area (Å²) in [5, 5.41) is 13.9. The van der Waals surface area contributed by atoms with Gasteiger partial charge in [-0.1, -0.05) is 42.5 Å². The molecule has 0 aliphatic carbocycles. The first-order valence-electron chi connectivity index (χ1n) is 15.7. The Labute approximate surface area is 299 Å². The molecule has 2 atom stereocenters. The molecular formula is C36H39BrN2O10S. The molecule has 2 unspecified atom stereocenters. The fraction of sp³-hybridized carbons (Fsp3) is 0.306. The topological polar surface area (TPSA) is 142 Å². The van der Waals surface area contributed by atoms with E-state index >= 15 is 0 Å². The second-order valence-corrected chi connectivity index (χ2v) is 14.3. The van der Waals surface area contributed by atoms with Gasteiger partial charge in [0.2, 0.25) is 5.75 Å². The fourth-order valence-electron chi connectivity index (χ4n) is 5.69. The smallest absolute Gasteiger partial charge is 0.345 e. The lowest BCUT2D eigenvalue weighted by Crippen LogP contribution is -2.31. The Morgan fingerprint density at radius 3 is 1.98 bits per heavy atom.